The topological polar surface area (TPSA) is 65.8 Å². The summed E-state index contributed by atoms with van der Waals surface area (Å²) in [4.78, 5) is 22.2. The van der Waals surface area contributed by atoms with Crippen LogP contribution in [-0.4, -0.2) is 38.7 Å². The zero-order valence-electron chi connectivity index (χ0n) is 13.9. The number of alkyl halides is 1. The average Bonchev–Trinajstić information content (AvgIpc) is 3.06. The lowest BCUT2D eigenvalue weighted by atomic mass is 9.93. The lowest BCUT2D eigenvalue weighted by Gasteiger charge is -2.37. The minimum Gasteiger partial charge on any atom is -0.478 e. The molecule has 5 nitrogen and oxygen atoms in total. The van der Waals surface area contributed by atoms with Crippen molar-refractivity contribution in [2.24, 2.45) is 4.99 Å². The van der Waals surface area contributed by atoms with Crippen LogP contribution in [0.25, 0.3) is 0 Å². The first kappa shape index (κ1) is 19.9. The Balaban J connectivity index is 2.26. The van der Waals surface area contributed by atoms with E-state index in [1.165, 1.54) is 12.1 Å². The number of hydrogen-bond donors (Lipinski definition) is 1. The summed E-state index contributed by atoms with van der Waals surface area (Å²) in [5.41, 5.74) is 0.700. The van der Waals surface area contributed by atoms with Gasteiger partial charge in [-0.25, -0.2) is 19.2 Å². The highest BCUT2D eigenvalue weighted by Crippen LogP contribution is 2.40. The first-order chi connectivity index (χ1) is 12.9. The summed E-state index contributed by atoms with van der Waals surface area (Å²) in [6.45, 7) is 2.16. The van der Waals surface area contributed by atoms with Crippen LogP contribution in [0.1, 0.15) is 23.5 Å². The van der Waals surface area contributed by atoms with Gasteiger partial charge in [0.1, 0.15) is 5.82 Å². The fourth-order valence-electron chi connectivity index (χ4n) is 2.94. The second-order valence-electron chi connectivity index (χ2n) is 5.56. The van der Waals surface area contributed by atoms with Gasteiger partial charge in [0.2, 0.25) is 0 Å². The number of carbonyl (C=O) groups is 1. The molecule has 3 rings (SSSR count). The summed E-state index contributed by atoms with van der Waals surface area (Å²) >= 11 is 10.3. The van der Waals surface area contributed by atoms with E-state index in [1.807, 2.05) is 6.92 Å². The maximum Gasteiger partial charge on any atom is 0.335 e. The number of nitrogens with zero attached hydrogens (tertiary/aromatic N) is 3. The molecule has 1 N–H and O–H groups in total. The van der Waals surface area contributed by atoms with Crippen LogP contribution in [0.4, 0.5) is 8.78 Å². The highest BCUT2D eigenvalue weighted by atomic mass is 79.9. The molecule has 0 saturated carbocycles. The molecular formula is C17H13BrClF2N3O2S. The number of aliphatic imine (C=N–C) groups is 1. The molecule has 27 heavy (non-hydrogen) atoms. The normalized spacial score (nSPS) is 17.3. The maximum absolute atomic E-state index is 13.5. The molecule has 0 radical (unpaired) electrons. The van der Waals surface area contributed by atoms with Gasteiger partial charge in [0, 0.05) is 16.9 Å². The number of carboxylic acids is 1. The Morgan fingerprint density at radius 3 is 2.70 bits per heavy atom. The van der Waals surface area contributed by atoms with Gasteiger partial charge >= 0.3 is 5.97 Å². The Labute approximate surface area is 171 Å². The lowest BCUT2D eigenvalue weighted by molar-refractivity contribution is -0.133. The van der Waals surface area contributed by atoms with E-state index in [9.17, 15) is 18.7 Å². The van der Waals surface area contributed by atoms with E-state index in [0.29, 0.717) is 23.0 Å². The Hall–Kier alpha value is -1.84. The van der Waals surface area contributed by atoms with Gasteiger partial charge < -0.3 is 10.0 Å². The highest BCUT2D eigenvalue weighted by molar-refractivity contribution is 9.09. The smallest absolute Gasteiger partial charge is 0.335 e. The van der Waals surface area contributed by atoms with Gasteiger partial charge in [-0.2, -0.15) is 4.39 Å². The number of amidine groups is 1. The summed E-state index contributed by atoms with van der Waals surface area (Å²) in [6, 6.07) is 2.97. The number of aromatic nitrogens is 1. The number of carboxylic acid groups (broad SMARTS) is 1. The van der Waals surface area contributed by atoms with Crippen molar-refractivity contribution in [3.8, 4) is 0 Å². The summed E-state index contributed by atoms with van der Waals surface area (Å²) in [7, 11) is 0. The van der Waals surface area contributed by atoms with Crippen LogP contribution in [-0.2, 0) is 4.79 Å². The minimum absolute atomic E-state index is 0.0167. The molecular weight excluding hydrogens is 464 g/mol. The van der Waals surface area contributed by atoms with Crippen molar-refractivity contribution in [1.82, 2.24) is 9.88 Å². The number of halogens is 4. The van der Waals surface area contributed by atoms with Crippen LogP contribution in [0.5, 0.6) is 0 Å². The van der Waals surface area contributed by atoms with Crippen LogP contribution < -0.4 is 0 Å². The molecule has 2 aromatic rings. The van der Waals surface area contributed by atoms with Crippen LogP contribution in [0, 0.1) is 10.9 Å². The molecule has 10 heteroatoms. The molecule has 1 unspecified atom stereocenters. The van der Waals surface area contributed by atoms with Gasteiger partial charge in [0.15, 0.2) is 16.0 Å². The van der Waals surface area contributed by atoms with E-state index in [4.69, 9.17) is 11.6 Å². The van der Waals surface area contributed by atoms with E-state index in [0.717, 1.165) is 23.6 Å². The van der Waals surface area contributed by atoms with Gasteiger partial charge in [0.25, 0.3) is 0 Å². The Kier molecular flexibility index (Phi) is 5.92. The number of aliphatic carboxylic acids is 1. The van der Waals surface area contributed by atoms with Crippen molar-refractivity contribution < 1.29 is 18.7 Å². The summed E-state index contributed by atoms with van der Waals surface area (Å²) in [6.07, 6.45) is 1.08. The van der Waals surface area contributed by atoms with Gasteiger partial charge in [-0.1, -0.05) is 44.9 Å². The fourth-order valence-corrected chi connectivity index (χ4v) is 4.29. The third-order valence-corrected chi connectivity index (χ3v) is 5.67. The molecule has 0 spiro atoms. The van der Waals surface area contributed by atoms with Crippen molar-refractivity contribution in [2.45, 2.75) is 13.0 Å². The number of allylic oxidation sites excluding steroid dienone is 1. The lowest BCUT2D eigenvalue weighted by Crippen LogP contribution is -2.41. The Morgan fingerprint density at radius 2 is 2.19 bits per heavy atom. The SMILES string of the molecule is CCN1C(c2ncc(F)s2)=NC(CBr)=C(C(=O)O)C1c1ccc(F)cc1Cl. The Morgan fingerprint density at radius 1 is 1.44 bits per heavy atom. The predicted octanol–water partition coefficient (Wildman–Crippen LogP) is 4.63. The van der Waals surface area contributed by atoms with E-state index in [-0.39, 0.29) is 21.6 Å². The van der Waals surface area contributed by atoms with Crippen LogP contribution >= 0.6 is 38.9 Å². The molecule has 0 aliphatic carbocycles. The van der Waals surface area contributed by atoms with Gasteiger partial charge in [-0.15, -0.1) is 0 Å². The fraction of sp³-hybridized carbons (Fsp3) is 0.235. The second-order valence-corrected chi connectivity index (χ2v) is 7.51. The van der Waals surface area contributed by atoms with Gasteiger partial charge in [-0.05, 0) is 24.6 Å². The molecule has 1 aliphatic heterocycles. The maximum atomic E-state index is 13.5. The van der Waals surface area contributed by atoms with Crippen LogP contribution in [0.3, 0.4) is 0 Å². The van der Waals surface area contributed by atoms with Gasteiger partial charge in [-0.3, -0.25) is 0 Å². The Bertz CT molecular complexity index is 963. The van der Waals surface area contributed by atoms with Crippen LogP contribution in [0.2, 0.25) is 5.02 Å². The third-order valence-electron chi connectivity index (χ3n) is 4.03. The molecule has 1 atom stereocenters. The number of rotatable bonds is 5. The number of likely N-dealkylation sites (N-methyl/N-ethyl adjacent to an activating group) is 1. The van der Waals surface area contributed by atoms with E-state index in [1.54, 1.807) is 4.90 Å². The van der Waals surface area contributed by atoms with Crippen molar-refractivity contribution in [3.05, 3.63) is 62.2 Å². The molecule has 1 aromatic heterocycles. The largest absolute Gasteiger partial charge is 0.478 e. The van der Waals surface area contributed by atoms with E-state index < -0.39 is 23.0 Å². The van der Waals surface area contributed by atoms with Crippen molar-refractivity contribution >= 4 is 50.7 Å². The van der Waals surface area contributed by atoms with E-state index in [2.05, 4.69) is 25.9 Å². The van der Waals surface area contributed by atoms with Gasteiger partial charge in [0.05, 0.1) is 23.5 Å². The molecule has 0 fully saturated rings. The average molecular weight is 477 g/mol. The highest BCUT2D eigenvalue weighted by Gasteiger charge is 2.38. The first-order valence-corrected chi connectivity index (χ1v) is 10.1. The molecule has 142 valence electrons. The van der Waals surface area contributed by atoms with Crippen molar-refractivity contribution in [1.29, 1.82) is 0 Å². The van der Waals surface area contributed by atoms with Crippen molar-refractivity contribution in [3.63, 3.8) is 0 Å². The zero-order valence-corrected chi connectivity index (χ0v) is 17.1. The van der Waals surface area contributed by atoms with E-state index >= 15 is 0 Å². The van der Waals surface area contributed by atoms with Crippen molar-refractivity contribution in [2.75, 3.05) is 11.9 Å². The summed E-state index contributed by atoms with van der Waals surface area (Å²) in [5, 5.41) is 9.93. The molecule has 0 saturated heterocycles. The standard InChI is InChI=1S/C17H13BrClF2N3O2S/c1-2-24-14(9-4-3-8(20)5-10(9)19)13(17(25)26)11(6-18)23-15(24)16-22-7-12(21)27-16/h3-5,7,14H,2,6H2,1H3,(H,25,26). The zero-order chi connectivity index (χ0) is 19.7. The second kappa shape index (κ2) is 8.04. The molecule has 2 heterocycles. The number of benzene rings is 1. The molecule has 1 aromatic carbocycles. The molecule has 1 aliphatic rings. The monoisotopic (exact) mass is 475 g/mol. The number of hydrogen-bond acceptors (Lipinski definition) is 5. The molecule has 0 amide bonds. The minimum atomic E-state index is -1.17. The first-order valence-electron chi connectivity index (χ1n) is 7.81. The third kappa shape index (κ3) is 3.76. The number of thiazole rings is 1. The summed E-state index contributed by atoms with van der Waals surface area (Å²) in [5.74, 6) is -1.35. The summed E-state index contributed by atoms with van der Waals surface area (Å²) < 4.78 is 27.1. The predicted molar refractivity (Wildman–Crippen MR) is 104 cm³/mol. The quantitative estimate of drug-likeness (QED) is 0.639. The van der Waals surface area contributed by atoms with Crippen LogP contribution in [0.15, 0.2) is 40.7 Å². The molecule has 0 bridgehead atoms.